The first-order valence-electron chi connectivity index (χ1n) is 10.4. The minimum Gasteiger partial charge on any atom is -0.334 e. The van der Waals surface area contributed by atoms with E-state index in [-0.39, 0.29) is 17.0 Å². The van der Waals surface area contributed by atoms with Crippen molar-refractivity contribution in [3.63, 3.8) is 0 Å². The third kappa shape index (κ3) is 5.80. The largest absolute Gasteiger partial charge is 0.416 e. The van der Waals surface area contributed by atoms with E-state index in [1.807, 2.05) is 0 Å². The molecule has 0 aliphatic carbocycles. The average molecular weight is 470 g/mol. The summed E-state index contributed by atoms with van der Waals surface area (Å²) in [6.45, 7) is 2.61. The van der Waals surface area contributed by atoms with E-state index in [0.717, 1.165) is 25.3 Å². The number of urea groups is 1. The summed E-state index contributed by atoms with van der Waals surface area (Å²) in [5.74, 6) is 0. The molecule has 2 aromatic carbocycles. The van der Waals surface area contributed by atoms with Crippen molar-refractivity contribution in [1.29, 1.82) is 0 Å². The monoisotopic (exact) mass is 469 g/mol. The van der Waals surface area contributed by atoms with Crippen molar-refractivity contribution in [3.8, 4) is 0 Å². The van der Waals surface area contributed by atoms with Crippen molar-refractivity contribution in [2.75, 3.05) is 13.1 Å². The third-order valence-corrected chi connectivity index (χ3v) is 7.32. The normalized spacial score (nSPS) is 16.4. The second-order valence-electron chi connectivity index (χ2n) is 7.74. The molecule has 0 bridgehead atoms. The lowest BCUT2D eigenvalue weighted by atomic mass is 10.0. The van der Waals surface area contributed by atoms with Crippen molar-refractivity contribution in [2.24, 2.45) is 0 Å². The van der Waals surface area contributed by atoms with Gasteiger partial charge in [0.25, 0.3) is 0 Å². The summed E-state index contributed by atoms with van der Waals surface area (Å²) < 4.78 is 66.4. The molecule has 1 unspecified atom stereocenters. The van der Waals surface area contributed by atoms with Crippen LogP contribution in [-0.4, -0.2) is 31.8 Å². The average Bonchev–Trinajstić information content (AvgIpc) is 2.78. The summed E-state index contributed by atoms with van der Waals surface area (Å²) in [4.78, 5) is 12.4. The van der Waals surface area contributed by atoms with E-state index in [1.165, 1.54) is 41.6 Å². The summed E-state index contributed by atoms with van der Waals surface area (Å²) in [5, 5.41) is 5.09. The summed E-state index contributed by atoms with van der Waals surface area (Å²) in [6, 6.07) is 9.83. The second kappa shape index (κ2) is 9.91. The summed E-state index contributed by atoms with van der Waals surface area (Å²) >= 11 is 0. The molecule has 1 fully saturated rings. The minimum absolute atomic E-state index is 0.0255. The minimum atomic E-state index is -4.51. The summed E-state index contributed by atoms with van der Waals surface area (Å²) in [6.07, 6.45) is -1.79. The van der Waals surface area contributed by atoms with E-state index in [4.69, 9.17) is 0 Å². The van der Waals surface area contributed by atoms with E-state index in [9.17, 15) is 26.4 Å². The lowest BCUT2D eigenvalue weighted by molar-refractivity contribution is -0.138. The van der Waals surface area contributed by atoms with E-state index in [2.05, 4.69) is 10.6 Å². The highest BCUT2D eigenvalue weighted by molar-refractivity contribution is 7.89. The molecule has 174 valence electrons. The molecule has 0 radical (unpaired) electrons. The van der Waals surface area contributed by atoms with Crippen LogP contribution >= 0.6 is 0 Å². The number of carbonyl (C=O) groups excluding carboxylic acids is 1. The van der Waals surface area contributed by atoms with Crippen LogP contribution < -0.4 is 10.6 Å². The van der Waals surface area contributed by atoms with Gasteiger partial charge in [-0.15, -0.1) is 0 Å². The number of hydrogen-bond donors (Lipinski definition) is 2. The number of nitrogens with zero attached hydrogens (tertiary/aromatic N) is 1. The molecule has 32 heavy (non-hydrogen) atoms. The van der Waals surface area contributed by atoms with Crippen LogP contribution in [0.5, 0.6) is 0 Å². The van der Waals surface area contributed by atoms with Crippen LogP contribution in [0.25, 0.3) is 0 Å². The molecule has 10 heteroatoms. The Morgan fingerprint density at radius 3 is 2.28 bits per heavy atom. The zero-order valence-corrected chi connectivity index (χ0v) is 18.5. The topological polar surface area (TPSA) is 78.5 Å². The molecule has 2 aromatic rings. The van der Waals surface area contributed by atoms with Gasteiger partial charge in [0.15, 0.2) is 0 Å². The number of nitrogens with one attached hydrogen (secondary N) is 2. The van der Waals surface area contributed by atoms with Crippen molar-refractivity contribution >= 4 is 16.1 Å². The van der Waals surface area contributed by atoms with E-state index in [0.29, 0.717) is 18.7 Å². The van der Waals surface area contributed by atoms with Crippen molar-refractivity contribution in [3.05, 3.63) is 65.2 Å². The van der Waals surface area contributed by atoms with Crippen molar-refractivity contribution in [1.82, 2.24) is 14.9 Å². The highest BCUT2D eigenvalue weighted by Gasteiger charge is 2.34. The second-order valence-corrected chi connectivity index (χ2v) is 9.68. The van der Waals surface area contributed by atoms with Gasteiger partial charge in [-0.2, -0.15) is 17.5 Å². The number of rotatable bonds is 6. The fourth-order valence-corrected chi connectivity index (χ4v) is 5.19. The number of benzene rings is 2. The maximum absolute atomic E-state index is 13.2. The van der Waals surface area contributed by atoms with E-state index < -0.39 is 33.8 Å². The third-order valence-electron chi connectivity index (χ3n) is 5.41. The number of alkyl halides is 3. The van der Waals surface area contributed by atoms with Gasteiger partial charge in [0.2, 0.25) is 10.0 Å². The fraction of sp³-hybridized carbons (Fsp3) is 0.409. The zero-order valence-electron chi connectivity index (χ0n) is 17.7. The van der Waals surface area contributed by atoms with Crippen LogP contribution in [0.2, 0.25) is 0 Å². The van der Waals surface area contributed by atoms with Gasteiger partial charge in [0.1, 0.15) is 0 Å². The van der Waals surface area contributed by atoms with Gasteiger partial charge in [0.05, 0.1) is 16.5 Å². The number of sulfonamides is 1. The van der Waals surface area contributed by atoms with Gasteiger partial charge in [0, 0.05) is 19.6 Å². The first kappa shape index (κ1) is 24.1. The number of hydrogen-bond acceptors (Lipinski definition) is 3. The Bertz CT molecular complexity index is 1030. The number of halogens is 3. The Morgan fingerprint density at radius 1 is 1.03 bits per heavy atom. The standard InChI is InChI=1S/C22H26F3N3O3S/c1-16(19-7-3-4-8-20(19)22(23,24)25)27-21(29)26-15-17-9-11-18(12-10-17)32(30,31)28-13-5-2-6-14-28/h3-4,7-12,16H,2,5-6,13-15H2,1H3,(H2,26,27,29). The molecule has 6 nitrogen and oxygen atoms in total. The first-order chi connectivity index (χ1) is 15.1. The Hall–Kier alpha value is -2.59. The Labute approximate surface area is 185 Å². The quantitative estimate of drug-likeness (QED) is 0.657. The predicted molar refractivity (Wildman–Crippen MR) is 114 cm³/mol. The maximum Gasteiger partial charge on any atom is 0.416 e. The molecule has 1 heterocycles. The fourth-order valence-electron chi connectivity index (χ4n) is 3.67. The van der Waals surface area contributed by atoms with Crippen molar-refractivity contribution < 1.29 is 26.4 Å². The Morgan fingerprint density at radius 2 is 1.66 bits per heavy atom. The molecule has 1 aliphatic heterocycles. The van der Waals surface area contributed by atoms with Crippen LogP contribution in [0.3, 0.4) is 0 Å². The summed E-state index contributed by atoms with van der Waals surface area (Å²) in [7, 11) is -3.53. The summed E-state index contributed by atoms with van der Waals surface area (Å²) in [5.41, 5.74) is -0.151. The molecule has 0 aromatic heterocycles. The lowest BCUT2D eigenvalue weighted by Crippen LogP contribution is -2.37. The molecule has 3 rings (SSSR count). The van der Waals surface area contributed by atoms with Gasteiger partial charge in [-0.3, -0.25) is 0 Å². The predicted octanol–water partition coefficient (Wildman–Crippen LogP) is 4.44. The Kier molecular flexibility index (Phi) is 7.45. The van der Waals surface area contributed by atoms with Gasteiger partial charge in [-0.1, -0.05) is 36.8 Å². The lowest BCUT2D eigenvalue weighted by Gasteiger charge is -2.25. The van der Waals surface area contributed by atoms with Crippen LogP contribution in [0, 0.1) is 0 Å². The number of carbonyl (C=O) groups is 1. The van der Waals surface area contributed by atoms with Crippen LogP contribution in [-0.2, 0) is 22.7 Å². The molecule has 1 atom stereocenters. The van der Waals surface area contributed by atoms with Crippen LogP contribution in [0.4, 0.5) is 18.0 Å². The molecule has 1 saturated heterocycles. The van der Waals surface area contributed by atoms with Gasteiger partial charge >= 0.3 is 12.2 Å². The van der Waals surface area contributed by atoms with Crippen LogP contribution in [0.15, 0.2) is 53.4 Å². The first-order valence-corrected chi connectivity index (χ1v) is 11.8. The smallest absolute Gasteiger partial charge is 0.334 e. The highest BCUT2D eigenvalue weighted by atomic mass is 32.2. The van der Waals surface area contributed by atoms with Crippen molar-refractivity contribution in [2.45, 2.75) is 49.8 Å². The van der Waals surface area contributed by atoms with E-state index in [1.54, 1.807) is 12.1 Å². The van der Waals surface area contributed by atoms with Gasteiger partial charge < -0.3 is 10.6 Å². The van der Waals surface area contributed by atoms with E-state index >= 15 is 0 Å². The molecular formula is C22H26F3N3O3S. The molecule has 1 aliphatic rings. The zero-order chi connectivity index (χ0) is 23.4. The molecule has 0 saturated carbocycles. The molecule has 0 spiro atoms. The molecular weight excluding hydrogens is 443 g/mol. The van der Waals surface area contributed by atoms with Gasteiger partial charge in [-0.25, -0.2) is 13.2 Å². The Balaban J connectivity index is 1.57. The maximum atomic E-state index is 13.2. The number of amides is 2. The van der Waals surface area contributed by atoms with Crippen LogP contribution in [0.1, 0.15) is 48.9 Å². The highest BCUT2D eigenvalue weighted by Crippen LogP contribution is 2.34. The molecule has 2 amide bonds. The van der Waals surface area contributed by atoms with Gasteiger partial charge in [-0.05, 0) is 49.1 Å². The molecule has 2 N–H and O–H groups in total. The SMILES string of the molecule is CC(NC(=O)NCc1ccc(S(=O)(=O)N2CCCCC2)cc1)c1ccccc1C(F)(F)F. The number of piperidine rings is 1.